The smallest absolute Gasteiger partial charge is 0.410 e. The lowest BCUT2D eigenvalue weighted by Crippen LogP contribution is -2.56. The van der Waals surface area contributed by atoms with Crippen LogP contribution >= 0.6 is 0 Å². The lowest BCUT2D eigenvalue weighted by atomic mass is 9.72. The first kappa shape index (κ1) is 17.7. The lowest BCUT2D eigenvalue weighted by molar-refractivity contribution is -0.165. The average molecular weight is 307 g/mol. The van der Waals surface area contributed by atoms with E-state index >= 15 is 0 Å². The summed E-state index contributed by atoms with van der Waals surface area (Å²) in [6.45, 7) is 6.56. The lowest BCUT2D eigenvalue weighted by Gasteiger charge is -2.43. The molecule has 1 fully saturated rings. The summed E-state index contributed by atoms with van der Waals surface area (Å²) in [4.78, 5) is 25.3. The van der Waals surface area contributed by atoms with Gasteiger partial charge in [-0.25, -0.2) is 13.6 Å². The van der Waals surface area contributed by atoms with Crippen molar-refractivity contribution in [1.82, 2.24) is 4.90 Å². The number of hydrogen-bond donors (Lipinski definition) is 0. The van der Waals surface area contributed by atoms with Crippen molar-refractivity contribution in [2.24, 2.45) is 11.3 Å². The van der Waals surface area contributed by atoms with Crippen LogP contribution in [-0.4, -0.2) is 49.2 Å². The standard InChI is InChI=1S/C14H23F2NO4/c1-13(2,3)21-12(19)17-7-6-9(10(15)16)14(4,8-17)11(18)20-5/h9-10H,6-8H2,1-5H3/t9-,14-/m1/s1. The summed E-state index contributed by atoms with van der Waals surface area (Å²) in [5.74, 6) is -1.87. The minimum atomic E-state index is -2.64. The maximum Gasteiger partial charge on any atom is 0.410 e. The maximum atomic E-state index is 13.2. The SMILES string of the molecule is COC(=O)[C@]1(C)CN(C(=O)OC(C)(C)C)CC[C@@H]1C(F)F. The Morgan fingerprint density at radius 1 is 1.33 bits per heavy atom. The molecule has 5 nitrogen and oxygen atoms in total. The van der Waals surface area contributed by atoms with Crippen LogP contribution in [0.2, 0.25) is 0 Å². The Bertz CT molecular complexity index is 408. The molecule has 0 aromatic carbocycles. The molecule has 0 aromatic rings. The molecule has 1 amide bonds. The number of rotatable bonds is 2. The van der Waals surface area contributed by atoms with Crippen LogP contribution in [0.25, 0.3) is 0 Å². The molecule has 122 valence electrons. The van der Waals surface area contributed by atoms with Gasteiger partial charge in [0.05, 0.1) is 12.5 Å². The van der Waals surface area contributed by atoms with Crippen LogP contribution in [0, 0.1) is 11.3 Å². The van der Waals surface area contributed by atoms with Gasteiger partial charge in [-0.3, -0.25) is 4.79 Å². The number of esters is 1. The molecule has 1 saturated heterocycles. The van der Waals surface area contributed by atoms with Crippen molar-refractivity contribution in [2.75, 3.05) is 20.2 Å². The number of ether oxygens (including phenoxy) is 2. The van der Waals surface area contributed by atoms with Crippen molar-refractivity contribution in [3.63, 3.8) is 0 Å². The zero-order valence-electron chi connectivity index (χ0n) is 13.1. The highest BCUT2D eigenvalue weighted by atomic mass is 19.3. The topological polar surface area (TPSA) is 55.8 Å². The number of halogens is 2. The minimum absolute atomic E-state index is 0.0303. The van der Waals surface area contributed by atoms with E-state index in [2.05, 4.69) is 4.74 Å². The molecule has 7 heteroatoms. The molecular formula is C14H23F2NO4. The summed E-state index contributed by atoms with van der Waals surface area (Å²) < 4.78 is 36.2. The van der Waals surface area contributed by atoms with E-state index < -0.39 is 35.4 Å². The fourth-order valence-corrected chi connectivity index (χ4v) is 2.54. The van der Waals surface area contributed by atoms with Gasteiger partial charge in [-0.15, -0.1) is 0 Å². The summed E-state index contributed by atoms with van der Waals surface area (Å²) in [5, 5.41) is 0. The number of carbonyl (C=O) groups excluding carboxylic acids is 2. The molecule has 0 aromatic heterocycles. The van der Waals surface area contributed by atoms with Crippen molar-refractivity contribution < 1.29 is 27.8 Å². The number of alkyl halides is 2. The first-order valence-electron chi connectivity index (χ1n) is 6.86. The van der Waals surface area contributed by atoms with E-state index in [0.717, 1.165) is 7.11 Å². The molecule has 0 bridgehead atoms. The Kier molecular flexibility index (Phi) is 5.17. The maximum absolute atomic E-state index is 13.2. The molecule has 1 aliphatic heterocycles. The van der Waals surface area contributed by atoms with Crippen LogP contribution < -0.4 is 0 Å². The number of likely N-dealkylation sites (tertiary alicyclic amines) is 1. The van der Waals surface area contributed by atoms with Gasteiger partial charge < -0.3 is 14.4 Å². The van der Waals surface area contributed by atoms with E-state index in [9.17, 15) is 18.4 Å². The van der Waals surface area contributed by atoms with Gasteiger partial charge in [0.25, 0.3) is 0 Å². The number of amides is 1. The fraction of sp³-hybridized carbons (Fsp3) is 0.857. The van der Waals surface area contributed by atoms with Crippen molar-refractivity contribution in [1.29, 1.82) is 0 Å². The molecule has 1 rings (SSSR count). The van der Waals surface area contributed by atoms with Crippen LogP contribution in [0.15, 0.2) is 0 Å². The van der Waals surface area contributed by atoms with Crippen molar-refractivity contribution >= 4 is 12.1 Å². The molecule has 0 unspecified atom stereocenters. The van der Waals surface area contributed by atoms with Gasteiger partial charge in [-0.05, 0) is 34.1 Å². The molecule has 1 aliphatic rings. The molecular weight excluding hydrogens is 284 g/mol. The molecule has 21 heavy (non-hydrogen) atoms. The second-order valence-electron chi connectivity index (χ2n) is 6.54. The summed E-state index contributed by atoms with van der Waals surface area (Å²) in [6, 6.07) is 0. The van der Waals surface area contributed by atoms with Gasteiger partial charge in [0.15, 0.2) is 0 Å². The van der Waals surface area contributed by atoms with Crippen molar-refractivity contribution in [3.8, 4) is 0 Å². The number of nitrogens with zero attached hydrogens (tertiary/aromatic N) is 1. The summed E-state index contributed by atoms with van der Waals surface area (Å²) >= 11 is 0. The Morgan fingerprint density at radius 3 is 2.33 bits per heavy atom. The number of methoxy groups -OCH3 is 1. The highest BCUT2D eigenvalue weighted by Crippen LogP contribution is 2.40. The average Bonchev–Trinajstić information content (AvgIpc) is 2.34. The Balaban J connectivity index is 2.93. The van der Waals surface area contributed by atoms with E-state index in [0.29, 0.717) is 0 Å². The molecule has 0 N–H and O–H groups in total. The third-order valence-corrected chi connectivity index (χ3v) is 3.66. The van der Waals surface area contributed by atoms with Crippen LogP contribution in [0.5, 0.6) is 0 Å². The van der Waals surface area contributed by atoms with Gasteiger partial charge in [0.2, 0.25) is 6.43 Å². The van der Waals surface area contributed by atoms with Crippen LogP contribution in [0.4, 0.5) is 13.6 Å². The molecule has 0 radical (unpaired) electrons. The van der Waals surface area contributed by atoms with Gasteiger partial charge >= 0.3 is 12.1 Å². The van der Waals surface area contributed by atoms with Crippen LogP contribution in [0.1, 0.15) is 34.1 Å². The third-order valence-electron chi connectivity index (χ3n) is 3.66. The Hall–Kier alpha value is -1.40. The van der Waals surface area contributed by atoms with Gasteiger partial charge in [0.1, 0.15) is 5.60 Å². The number of piperidine rings is 1. The van der Waals surface area contributed by atoms with E-state index in [4.69, 9.17) is 4.74 Å². The molecule has 0 aliphatic carbocycles. The third kappa shape index (κ3) is 4.04. The monoisotopic (exact) mass is 307 g/mol. The Labute approximate surface area is 123 Å². The van der Waals surface area contributed by atoms with Crippen molar-refractivity contribution in [2.45, 2.75) is 46.1 Å². The van der Waals surface area contributed by atoms with E-state index in [1.54, 1.807) is 20.8 Å². The second kappa shape index (κ2) is 6.15. The highest BCUT2D eigenvalue weighted by Gasteiger charge is 2.51. The van der Waals surface area contributed by atoms with E-state index in [1.165, 1.54) is 11.8 Å². The molecule has 2 atom stereocenters. The van der Waals surface area contributed by atoms with Crippen molar-refractivity contribution in [3.05, 3.63) is 0 Å². The number of carbonyl (C=O) groups is 2. The van der Waals surface area contributed by atoms with E-state index in [-0.39, 0.29) is 19.5 Å². The largest absolute Gasteiger partial charge is 0.469 e. The van der Waals surface area contributed by atoms with Gasteiger partial charge in [-0.2, -0.15) is 0 Å². The molecule has 1 heterocycles. The molecule has 0 saturated carbocycles. The first-order chi connectivity index (χ1) is 9.51. The normalized spacial score (nSPS) is 26.7. The predicted molar refractivity (Wildman–Crippen MR) is 72.0 cm³/mol. The summed E-state index contributed by atoms with van der Waals surface area (Å²) in [5.41, 5.74) is -2.11. The quantitative estimate of drug-likeness (QED) is 0.736. The zero-order valence-corrected chi connectivity index (χ0v) is 13.1. The van der Waals surface area contributed by atoms with E-state index in [1.807, 2.05) is 0 Å². The second-order valence-corrected chi connectivity index (χ2v) is 6.54. The number of hydrogen-bond acceptors (Lipinski definition) is 4. The van der Waals surface area contributed by atoms with Crippen LogP contribution in [0.3, 0.4) is 0 Å². The summed E-state index contributed by atoms with van der Waals surface area (Å²) in [6.07, 6.45) is -3.22. The highest BCUT2D eigenvalue weighted by molar-refractivity contribution is 5.78. The first-order valence-corrected chi connectivity index (χ1v) is 6.86. The van der Waals surface area contributed by atoms with Crippen LogP contribution in [-0.2, 0) is 14.3 Å². The fourth-order valence-electron chi connectivity index (χ4n) is 2.54. The Morgan fingerprint density at radius 2 is 1.90 bits per heavy atom. The van der Waals surface area contributed by atoms with Gasteiger partial charge in [0, 0.05) is 19.0 Å². The predicted octanol–water partition coefficient (Wildman–Crippen LogP) is 2.69. The summed E-state index contributed by atoms with van der Waals surface area (Å²) in [7, 11) is 1.16. The minimum Gasteiger partial charge on any atom is -0.469 e. The van der Waals surface area contributed by atoms with Gasteiger partial charge in [-0.1, -0.05) is 0 Å². The molecule has 0 spiro atoms. The zero-order chi connectivity index (χ0) is 16.4.